The molecule has 0 aromatic heterocycles. The summed E-state index contributed by atoms with van der Waals surface area (Å²) < 4.78 is 0. The number of hydrogen-bond acceptors (Lipinski definition) is 6. The van der Waals surface area contributed by atoms with Crippen molar-refractivity contribution in [1.82, 2.24) is 9.80 Å². The molecule has 0 heterocycles. The van der Waals surface area contributed by atoms with Crippen molar-refractivity contribution in [3.8, 4) is 0 Å². The number of rotatable bonds is 68. The predicted molar refractivity (Wildman–Crippen MR) is 348 cm³/mol. The van der Waals surface area contributed by atoms with E-state index < -0.39 is 11.9 Å². The summed E-state index contributed by atoms with van der Waals surface area (Å²) in [4.78, 5) is 26.7. The molecule has 0 saturated heterocycles. The molecule has 0 aliphatic heterocycles. The second kappa shape index (κ2) is 76.1. The molecule has 0 spiro atoms. The maximum absolute atomic E-state index is 10.7. The van der Waals surface area contributed by atoms with Crippen LogP contribution in [0.2, 0.25) is 0 Å². The van der Waals surface area contributed by atoms with E-state index in [1.54, 1.807) is 0 Å². The van der Waals surface area contributed by atoms with E-state index in [2.05, 4.69) is 37.5 Å². The number of unbranched alkanes of at least 4 members (excludes halogenated alkanes) is 52. The number of carboxylic acid groups (broad SMARTS) is 2. The fourth-order valence-electron chi connectivity index (χ4n) is 11.6. The average Bonchev–Trinajstić information content (AvgIpc) is 3.43. The Kier molecular flexibility index (Phi) is 80.3. The van der Waals surface area contributed by atoms with Crippen molar-refractivity contribution < 1.29 is 19.8 Å². The van der Waals surface area contributed by atoms with Crippen LogP contribution in [0, 0.1) is 0 Å². The molecule has 6 nitrogen and oxygen atoms in total. The molecule has 0 bridgehead atoms. The van der Waals surface area contributed by atoms with Gasteiger partial charge in [0, 0.05) is 11.9 Å². The van der Waals surface area contributed by atoms with Crippen LogP contribution in [0.4, 0.5) is 0 Å². The molecule has 0 aromatic rings. The van der Waals surface area contributed by atoms with Crippen molar-refractivity contribution >= 4 is 49.7 Å². The van der Waals surface area contributed by atoms with Crippen LogP contribution in [0.1, 0.15) is 413 Å². The van der Waals surface area contributed by atoms with Gasteiger partial charge in [-0.2, -0.15) is 0 Å². The number of carboxylic acids is 2. The van der Waals surface area contributed by atoms with Crippen LogP contribution in [-0.2, 0) is 9.59 Å². The zero-order valence-electron chi connectivity index (χ0n) is 54.9. The number of carbonyl (C=O) groups excluding carboxylic acids is 2. The summed E-state index contributed by atoms with van der Waals surface area (Å²) in [5.74, 6) is -1.79. The van der Waals surface area contributed by atoms with Gasteiger partial charge in [0.05, 0.1) is 0 Å². The van der Waals surface area contributed by atoms with Gasteiger partial charge in [0.2, 0.25) is 0 Å². The Bertz CT molecular complexity index is 966. The van der Waals surface area contributed by atoms with Crippen molar-refractivity contribution in [2.24, 2.45) is 0 Å². The van der Waals surface area contributed by atoms with Gasteiger partial charge in [0.25, 0.3) is 0 Å². The standard InChI is InChI=1S/2C36H73NO2.Ca/c2*1-3-5-7-9-11-13-15-17-19-21-23-25-29-33-37(35-31-27-28-32-36(38)39)34-30-26-24-22-20-18-16-14-12-10-8-6-4-2;/h2*3-35H2,1-2H3,(H,38,39);/q;;+2/p-2. The quantitative estimate of drug-likeness (QED) is 0.0445. The largest absolute Gasteiger partial charge is 2.00 e. The number of carbonyl (C=O) groups is 2. The van der Waals surface area contributed by atoms with Gasteiger partial charge in [-0.15, -0.1) is 0 Å². The molecule has 0 radical (unpaired) electrons. The van der Waals surface area contributed by atoms with E-state index in [-0.39, 0.29) is 50.6 Å². The molecule has 0 unspecified atom stereocenters. The van der Waals surface area contributed by atoms with Gasteiger partial charge in [-0.05, 0) is 103 Å². The Labute approximate surface area is 527 Å². The van der Waals surface area contributed by atoms with Crippen molar-refractivity contribution in [3.05, 3.63) is 0 Å². The minimum atomic E-state index is -0.897. The maximum Gasteiger partial charge on any atom is 2.00 e. The van der Waals surface area contributed by atoms with Gasteiger partial charge < -0.3 is 29.6 Å². The third kappa shape index (κ3) is 78.1. The predicted octanol–water partition coefficient (Wildman–Crippen LogP) is 21.2. The molecule has 0 amide bonds. The van der Waals surface area contributed by atoms with Gasteiger partial charge in [-0.3, -0.25) is 0 Å². The molecular formula is C72H144CaN2O4. The number of nitrogens with zero attached hydrogens (tertiary/aromatic N) is 2. The van der Waals surface area contributed by atoms with Gasteiger partial charge in [-0.1, -0.05) is 349 Å². The van der Waals surface area contributed by atoms with Gasteiger partial charge >= 0.3 is 37.7 Å². The first-order chi connectivity index (χ1) is 38.4. The van der Waals surface area contributed by atoms with Crippen molar-refractivity contribution in [1.29, 1.82) is 0 Å². The Morgan fingerprint density at radius 1 is 0.203 bits per heavy atom. The first kappa shape index (κ1) is 83.3. The topological polar surface area (TPSA) is 86.7 Å². The molecule has 0 aromatic carbocycles. The Morgan fingerprint density at radius 2 is 0.316 bits per heavy atom. The molecule has 0 aliphatic rings. The van der Waals surface area contributed by atoms with Gasteiger partial charge in [0.15, 0.2) is 0 Å². The third-order valence-electron chi connectivity index (χ3n) is 17.0. The second-order valence-electron chi connectivity index (χ2n) is 25.0. The van der Waals surface area contributed by atoms with Crippen molar-refractivity contribution in [2.45, 2.75) is 413 Å². The first-order valence-corrected chi connectivity index (χ1v) is 36.2. The molecule has 468 valence electrons. The maximum atomic E-state index is 10.7. The molecule has 7 heteroatoms. The summed E-state index contributed by atoms with van der Waals surface area (Å²) >= 11 is 0. The second-order valence-corrected chi connectivity index (χ2v) is 25.0. The normalized spacial score (nSPS) is 11.4. The summed E-state index contributed by atoms with van der Waals surface area (Å²) in [6.07, 6.45) is 79.7. The van der Waals surface area contributed by atoms with Crippen LogP contribution in [0.3, 0.4) is 0 Å². The minimum absolute atomic E-state index is 0. The van der Waals surface area contributed by atoms with E-state index in [1.165, 1.54) is 360 Å². The zero-order valence-corrected chi connectivity index (χ0v) is 57.1. The summed E-state index contributed by atoms with van der Waals surface area (Å²) in [7, 11) is 0. The van der Waals surface area contributed by atoms with Crippen LogP contribution in [0.15, 0.2) is 0 Å². The van der Waals surface area contributed by atoms with Crippen molar-refractivity contribution in [3.63, 3.8) is 0 Å². The summed E-state index contributed by atoms with van der Waals surface area (Å²) in [5.41, 5.74) is 0. The zero-order chi connectivity index (χ0) is 57.0. The first-order valence-electron chi connectivity index (χ1n) is 36.2. The van der Waals surface area contributed by atoms with E-state index in [1.807, 2.05) is 0 Å². The summed E-state index contributed by atoms with van der Waals surface area (Å²) in [5, 5.41) is 21.3. The van der Waals surface area contributed by atoms with Crippen LogP contribution in [0.5, 0.6) is 0 Å². The summed E-state index contributed by atoms with van der Waals surface area (Å²) in [6, 6.07) is 0. The minimum Gasteiger partial charge on any atom is -0.550 e. The van der Waals surface area contributed by atoms with E-state index in [9.17, 15) is 19.8 Å². The fraction of sp³-hybridized carbons (Fsp3) is 0.972. The monoisotopic (exact) mass is 1140 g/mol. The van der Waals surface area contributed by atoms with Crippen LogP contribution < -0.4 is 10.2 Å². The average molecular weight is 1140 g/mol. The molecule has 0 saturated carbocycles. The van der Waals surface area contributed by atoms with E-state index in [0.717, 1.165) is 51.6 Å². The SMILES string of the molecule is CCCCCCCCCCCCCCCN(CCCCCCCCCCCCCCC)CCCCCC(=O)[O-].CCCCCCCCCCCCCCCN(CCCCCCCCCCCCCCC)CCCCCC(=O)[O-].[Ca+2]. The van der Waals surface area contributed by atoms with Crippen LogP contribution in [0.25, 0.3) is 0 Å². The molecule has 0 atom stereocenters. The van der Waals surface area contributed by atoms with Gasteiger partial charge in [0.1, 0.15) is 0 Å². The Morgan fingerprint density at radius 3 is 0.443 bits per heavy atom. The Balaban J connectivity index is -0.00000144. The molecule has 0 aliphatic carbocycles. The van der Waals surface area contributed by atoms with Crippen LogP contribution >= 0.6 is 0 Å². The Hall–Kier alpha value is 0.120. The van der Waals surface area contributed by atoms with Crippen LogP contribution in [-0.4, -0.2) is 98.7 Å². The molecule has 0 N–H and O–H groups in total. The molecular weight excluding hydrogens is 997 g/mol. The smallest absolute Gasteiger partial charge is 0.550 e. The molecule has 0 rings (SSSR count). The third-order valence-corrected chi connectivity index (χ3v) is 17.0. The molecule has 0 fully saturated rings. The van der Waals surface area contributed by atoms with E-state index >= 15 is 0 Å². The van der Waals surface area contributed by atoms with Crippen molar-refractivity contribution in [2.75, 3.05) is 39.3 Å². The number of aliphatic carboxylic acids is 2. The number of hydrogen-bond donors (Lipinski definition) is 0. The fourth-order valence-corrected chi connectivity index (χ4v) is 11.6. The van der Waals surface area contributed by atoms with E-state index in [4.69, 9.17) is 0 Å². The molecule has 79 heavy (non-hydrogen) atoms. The van der Waals surface area contributed by atoms with Gasteiger partial charge in [-0.25, -0.2) is 0 Å². The van der Waals surface area contributed by atoms with E-state index in [0.29, 0.717) is 0 Å². The summed E-state index contributed by atoms with van der Waals surface area (Å²) in [6.45, 7) is 16.4.